The molecule has 2 aliphatic carbocycles. The largest absolute Gasteiger partial charge is 0.310 e. The summed E-state index contributed by atoms with van der Waals surface area (Å²) in [6.07, 6.45) is 5.94. The Kier molecular flexibility index (Phi) is 3.78. The van der Waals surface area contributed by atoms with E-state index in [0.29, 0.717) is 0 Å². The molecule has 3 unspecified atom stereocenters. The number of rotatable bonds is 5. The Morgan fingerprint density at radius 2 is 2.05 bits per heavy atom. The summed E-state index contributed by atoms with van der Waals surface area (Å²) in [6.45, 7) is 2.10. The molecule has 2 saturated carbocycles. The number of hydrogen-bond donors (Lipinski definition) is 1. The van der Waals surface area contributed by atoms with Crippen molar-refractivity contribution in [2.24, 2.45) is 17.8 Å². The smallest absolute Gasteiger partial charge is 0.107 e. The van der Waals surface area contributed by atoms with Crippen molar-refractivity contribution in [3.8, 4) is 11.3 Å². The SMILES string of the molecule is c1ccc(-c2csc(CNCC3CC4CCC3C4)n2)cc1. The normalized spacial score (nSPS) is 27.3. The van der Waals surface area contributed by atoms with Gasteiger partial charge in [-0.1, -0.05) is 36.8 Å². The van der Waals surface area contributed by atoms with Crippen molar-refractivity contribution < 1.29 is 0 Å². The van der Waals surface area contributed by atoms with Crippen LogP contribution in [0.1, 0.15) is 30.7 Å². The Hall–Kier alpha value is -1.19. The average molecular weight is 298 g/mol. The molecule has 1 aromatic heterocycles. The summed E-state index contributed by atoms with van der Waals surface area (Å²) in [5, 5.41) is 7.02. The van der Waals surface area contributed by atoms with Gasteiger partial charge in [0.1, 0.15) is 5.01 Å². The minimum atomic E-state index is 0.922. The first-order valence-corrected chi connectivity index (χ1v) is 8.97. The number of nitrogens with one attached hydrogen (secondary N) is 1. The maximum absolute atomic E-state index is 4.75. The third kappa shape index (κ3) is 2.90. The molecule has 0 amide bonds. The Balaban J connectivity index is 1.31. The molecule has 4 rings (SSSR count). The second-order valence-electron chi connectivity index (χ2n) is 6.56. The zero-order chi connectivity index (χ0) is 14.1. The maximum atomic E-state index is 4.75. The fourth-order valence-electron chi connectivity index (χ4n) is 4.12. The van der Waals surface area contributed by atoms with Gasteiger partial charge in [0.05, 0.1) is 5.69 Å². The molecule has 0 radical (unpaired) electrons. The van der Waals surface area contributed by atoms with E-state index in [0.717, 1.165) is 30.0 Å². The second-order valence-corrected chi connectivity index (χ2v) is 7.50. The fourth-order valence-corrected chi connectivity index (χ4v) is 4.90. The third-order valence-electron chi connectivity index (χ3n) is 5.19. The molecule has 2 fully saturated rings. The number of fused-ring (bicyclic) bond motifs is 2. The van der Waals surface area contributed by atoms with Crippen molar-refractivity contribution in [1.29, 1.82) is 0 Å². The lowest BCUT2D eigenvalue weighted by atomic mass is 9.89. The van der Waals surface area contributed by atoms with Crippen LogP contribution in [-0.2, 0) is 6.54 Å². The van der Waals surface area contributed by atoms with Gasteiger partial charge in [0.15, 0.2) is 0 Å². The van der Waals surface area contributed by atoms with Crippen LogP contribution in [-0.4, -0.2) is 11.5 Å². The van der Waals surface area contributed by atoms with Crippen LogP contribution in [0.2, 0.25) is 0 Å². The van der Waals surface area contributed by atoms with Gasteiger partial charge in [-0.25, -0.2) is 4.98 Å². The summed E-state index contributed by atoms with van der Waals surface area (Å²) in [5.74, 6) is 2.99. The highest BCUT2D eigenvalue weighted by atomic mass is 32.1. The van der Waals surface area contributed by atoms with Crippen molar-refractivity contribution >= 4 is 11.3 Å². The average Bonchev–Trinajstić information content (AvgIpc) is 3.24. The molecular formula is C18H22N2S. The summed E-state index contributed by atoms with van der Waals surface area (Å²) < 4.78 is 0. The van der Waals surface area contributed by atoms with Gasteiger partial charge in [-0.3, -0.25) is 0 Å². The van der Waals surface area contributed by atoms with E-state index >= 15 is 0 Å². The second kappa shape index (κ2) is 5.90. The van der Waals surface area contributed by atoms with E-state index in [1.165, 1.54) is 42.8 Å². The van der Waals surface area contributed by atoms with Gasteiger partial charge in [-0.2, -0.15) is 0 Å². The van der Waals surface area contributed by atoms with E-state index in [1.807, 2.05) is 6.07 Å². The number of nitrogens with zero attached hydrogens (tertiary/aromatic N) is 1. The van der Waals surface area contributed by atoms with Crippen LogP contribution in [0.3, 0.4) is 0 Å². The van der Waals surface area contributed by atoms with E-state index in [2.05, 4.69) is 35.0 Å². The molecule has 0 spiro atoms. The van der Waals surface area contributed by atoms with Gasteiger partial charge in [-0.05, 0) is 43.6 Å². The first-order valence-electron chi connectivity index (χ1n) is 8.09. The van der Waals surface area contributed by atoms with Crippen LogP contribution < -0.4 is 5.32 Å². The van der Waals surface area contributed by atoms with Crippen LogP contribution in [0, 0.1) is 17.8 Å². The van der Waals surface area contributed by atoms with Crippen molar-refractivity contribution in [3.05, 3.63) is 40.7 Å². The van der Waals surface area contributed by atoms with Crippen molar-refractivity contribution in [2.45, 2.75) is 32.2 Å². The van der Waals surface area contributed by atoms with Gasteiger partial charge in [0, 0.05) is 17.5 Å². The molecule has 3 atom stereocenters. The molecule has 2 bridgehead atoms. The highest BCUT2D eigenvalue weighted by molar-refractivity contribution is 7.09. The summed E-state index contributed by atoms with van der Waals surface area (Å²) >= 11 is 1.77. The molecule has 2 nitrogen and oxygen atoms in total. The Morgan fingerprint density at radius 1 is 1.14 bits per heavy atom. The van der Waals surface area contributed by atoms with E-state index in [4.69, 9.17) is 4.98 Å². The van der Waals surface area contributed by atoms with Crippen LogP contribution in [0.4, 0.5) is 0 Å². The lowest BCUT2D eigenvalue weighted by Gasteiger charge is -2.21. The number of benzene rings is 1. The molecule has 0 saturated heterocycles. The summed E-state index contributed by atoms with van der Waals surface area (Å²) in [6, 6.07) is 10.4. The van der Waals surface area contributed by atoms with E-state index in [-0.39, 0.29) is 0 Å². The predicted octanol–water partition coefficient (Wildman–Crippen LogP) is 4.34. The van der Waals surface area contributed by atoms with Gasteiger partial charge in [0.25, 0.3) is 0 Å². The third-order valence-corrected chi connectivity index (χ3v) is 6.04. The van der Waals surface area contributed by atoms with E-state index < -0.39 is 0 Å². The minimum absolute atomic E-state index is 0.922. The Labute approximate surface area is 130 Å². The lowest BCUT2D eigenvalue weighted by Crippen LogP contribution is -2.26. The molecule has 21 heavy (non-hydrogen) atoms. The standard InChI is InChI=1S/C18H22N2S/c1-2-4-14(5-3-1)17-12-21-18(20-17)11-19-10-16-9-13-6-7-15(16)8-13/h1-5,12-13,15-16,19H,6-11H2. The molecule has 110 valence electrons. The van der Waals surface area contributed by atoms with Gasteiger partial charge < -0.3 is 5.32 Å². The molecule has 2 aliphatic rings. The van der Waals surface area contributed by atoms with Crippen molar-refractivity contribution in [1.82, 2.24) is 10.3 Å². The molecular weight excluding hydrogens is 276 g/mol. The Morgan fingerprint density at radius 3 is 2.81 bits per heavy atom. The first kappa shape index (κ1) is 13.5. The van der Waals surface area contributed by atoms with Crippen LogP contribution >= 0.6 is 11.3 Å². The number of aromatic nitrogens is 1. The number of thiazole rings is 1. The fraction of sp³-hybridized carbons (Fsp3) is 0.500. The minimum Gasteiger partial charge on any atom is -0.310 e. The topological polar surface area (TPSA) is 24.9 Å². The zero-order valence-corrected chi connectivity index (χ0v) is 13.1. The van der Waals surface area contributed by atoms with Gasteiger partial charge >= 0.3 is 0 Å². The summed E-state index contributed by atoms with van der Waals surface area (Å²) in [7, 11) is 0. The molecule has 1 heterocycles. The molecule has 1 N–H and O–H groups in total. The van der Waals surface area contributed by atoms with Crippen LogP contribution in [0.25, 0.3) is 11.3 Å². The zero-order valence-electron chi connectivity index (χ0n) is 12.3. The van der Waals surface area contributed by atoms with Gasteiger partial charge in [0.2, 0.25) is 0 Å². The van der Waals surface area contributed by atoms with E-state index in [9.17, 15) is 0 Å². The molecule has 1 aromatic carbocycles. The van der Waals surface area contributed by atoms with Crippen molar-refractivity contribution in [3.63, 3.8) is 0 Å². The summed E-state index contributed by atoms with van der Waals surface area (Å²) in [5.41, 5.74) is 2.32. The predicted molar refractivity (Wildman–Crippen MR) is 88.2 cm³/mol. The van der Waals surface area contributed by atoms with E-state index in [1.54, 1.807) is 11.3 Å². The van der Waals surface area contributed by atoms with Crippen LogP contribution in [0.5, 0.6) is 0 Å². The van der Waals surface area contributed by atoms with Crippen LogP contribution in [0.15, 0.2) is 35.7 Å². The maximum Gasteiger partial charge on any atom is 0.107 e. The number of hydrogen-bond acceptors (Lipinski definition) is 3. The Bertz CT molecular complexity index is 592. The highest BCUT2D eigenvalue weighted by Crippen LogP contribution is 2.47. The quantitative estimate of drug-likeness (QED) is 0.888. The highest BCUT2D eigenvalue weighted by Gasteiger charge is 2.38. The van der Waals surface area contributed by atoms with Gasteiger partial charge in [-0.15, -0.1) is 11.3 Å². The first-order chi connectivity index (χ1) is 10.4. The molecule has 3 heteroatoms. The summed E-state index contributed by atoms with van der Waals surface area (Å²) in [4.78, 5) is 4.75. The molecule has 2 aromatic rings. The monoisotopic (exact) mass is 298 g/mol. The molecule has 0 aliphatic heterocycles. The van der Waals surface area contributed by atoms with Crippen molar-refractivity contribution in [2.75, 3.05) is 6.54 Å². The lowest BCUT2D eigenvalue weighted by molar-refractivity contribution is 0.318.